The number of carbonyl (C=O) groups is 1. The van der Waals surface area contributed by atoms with Gasteiger partial charge in [-0.2, -0.15) is 0 Å². The van der Waals surface area contributed by atoms with E-state index in [9.17, 15) is 4.79 Å². The van der Waals surface area contributed by atoms with Crippen molar-refractivity contribution >= 4 is 22.3 Å². The van der Waals surface area contributed by atoms with E-state index in [1.807, 2.05) is 6.92 Å². The zero-order chi connectivity index (χ0) is 7.72. The molecule has 0 aliphatic rings. The molecule has 0 unspecified atom stereocenters. The highest BCUT2D eigenvalue weighted by atomic mass is 32.1. The number of aromatic nitrogens is 1. The SMILES string of the molecule is CC(=O)c1sc(N)[nH+]c1C. The van der Waals surface area contributed by atoms with Gasteiger partial charge in [0.2, 0.25) is 0 Å². The first-order valence-corrected chi connectivity index (χ1v) is 3.72. The van der Waals surface area contributed by atoms with Crippen molar-refractivity contribution in [3.63, 3.8) is 0 Å². The van der Waals surface area contributed by atoms with Gasteiger partial charge in [-0.15, -0.1) is 0 Å². The Labute approximate surface area is 62.9 Å². The van der Waals surface area contributed by atoms with Crippen LogP contribution in [0, 0.1) is 6.92 Å². The van der Waals surface area contributed by atoms with Gasteiger partial charge in [0.05, 0.1) is 0 Å². The van der Waals surface area contributed by atoms with Gasteiger partial charge in [0, 0.05) is 6.92 Å². The Kier molecular flexibility index (Phi) is 1.72. The summed E-state index contributed by atoms with van der Waals surface area (Å²) in [6, 6.07) is 0. The molecule has 1 heterocycles. The van der Waals surface area contributed by atoms with Crippen molar-refractivity contribution < 1.29 is 9.78 Å². The predicted octanol–water partition coefficient (Wildman–Crippen LogP) is 0.655. The molecule has 10 heavy (non-hydrogen) atoms. The van der Waals surface area contributed by atoms with Gasteiger partial charge in [0.15, 0.2) is 5.78 Å². The lowest BCUT2D eigenvalue weighted by atomic mass is 10.3. The van der Waals surface area contributed by atoms with E-state index in [1.165, 1.54) is 18.3 Å². The van der Waals surface area contributed by atoms with Gasteiger partial charge < -0.3 is 0 Å². The van der Waals surface area contributed by atoms with Crippen molar-refractivity contribution in [3.8, 4) is 0 Å². The lowest BCUT2D eigenvalue weighted by Crippen LogP contribution is -2.08. The molecule has 0 aromatic carbocycles. The molecule has 0 bridgehead atoms. The van der Waals surface area contributed by atoms with Crippen LogP contribution in [-0.2, 0) is 0 Å². The van der Waals surface area contributed by atoms with Crippen molar-refractivity contribution in [1.82, 2.24) is 0 Å². The topological polar surface area (TPSA) is 57.2 Å². The minimum absolute atomic E-state index is 0.0652. The van der Waals surface area contributed by atoms with Crippen LogP contribution in [0.15, 0.2) is 0 Å². The fourth-order valence-corrected chi connectivity index (χ4v) is 1.56. The Hall–Kier alpha value is -0.900. The van der Waals surface area contributed by atoms with Gasteiger partial charge in [0.1, 0.15) is 10.6 Å². The van der Waals surface area contributed by atoms with Crippen LogP contribution >= 0.6 is 11.3 Å². The van der Waals surface area contributed by atoms with Crippen molar-refractivity contribution in [2.24, 2.45) is 0 Å². The molecule has 0 saturated heterocycles. The number of aryl methyl sites for hydroxylation is 1. The maximum absolute atomic E-state index is 10.8. The quantitative estimate of drug-likeness (QED) is 0.609. The molecule has 0 amide bonds. The smallest absolute Gasteiger partial charge is 0.293 e. The zero-order valence-electron chi connectivity index (χ0n) is 5.89. The second kappa shape index (κ2) is 2.38. The molecular weight excluding hydrogens is 148 g/mol. The van der Waals surface area contributed by atoms with Crippen molar-refractivity contribution in [2.45, 2.75) is 13.8 Å². The molecule has 0 radical (unpaired) electrons. The summed E-state index contributed by atoms with van der Waals surface area (Å²) < 4.78 is 0. The Morgan fingerprint density at radius 3 is 2.50 bits per heavy atom. The van der Waals surface area contributed by atoms with Gasteiger partial charge in [0.25, 0.3) is 0 Å². The number of aromatic amines is 1. The molecule has 1 rings (SSSR count). The number of thiazole rings is 1. The number of hydrogen-bond acceptors (Lipinski definition) is 3. The van der Waals surface area contributed by atoms with E-state index in [1.54, 1.807) is 0 Å². The normalized spacial score (nSPS) is 9.80. The van der Waals surface area contributed by atoms with E-state index in [-0.39, 0.29) is 5.78 Å². The van der Waals surface area contributed by atoms with Gasteiger partial charge in [-0.1, -0.05) is 0 Å². The number of nitrogen functional groups attached to an aromatic ring is 1. The first kappa shape index (κ1) is 7.21. The minimum Gasteiger partial charge on any atom is -0.293 e. The standard InChI is InChI=1S/C6H8N2OS/c1-3-5(4(2)9)10-6(7)8-3/h1-2H3,(H2,7,8)/p+1. The summed E-state index contributed by atoms with van der Waals surface area (Å²) in [4.78, 5) is 14.4. The molecule has 0 fully saturated rings. The van der Waals surface area contributed by atoms with Crippen molar-refractivity contribution in [2.75, 3.05) is 5.73 Å². The summed E-state index contributed by atoms with van der Waals surface area (Å²) in [6.07, 6.45) is 0. The highest BCUT2D eigenvalue weighted by Gasteiger charge is 2.12. The number of rotatable bonds is 1. The molecule has 0 aliphatic heterocycles. The lowest BCUT2D eigenvalue weighted by molar-refractivity contribution is -0.363. The summed E-state index contributed by atoms with van der Waals surface area (Å²) in [7, 11) is 0. The molecule has 1 aromatic heterocycles. The molecule has 54 valence electrons. The number of hydrogen-bond donors (Lipinski definition) is 1. The van der Waals surface area contributed by atoms with E-state index in [4.69, 9.17) is 5.73 Å². The largest absolute Gasteiger partial charge is 0.330 e. The first-order chi connectivity index (χ1) is 4.61. The molecule has 0 aliphatic carbocycles. The third kappa shape index (κ3) is 1.16. The number of H-pyrrole nitrogens is 1. The highest BCUT2D eigenvalue weighted by molar-refractivity contribution is 7.16. The Bertz CT molecular complexity index is 267. The fourth-order valence-electron chi connectivity index (χ4n) is 0.789. The molecule has 1 aromatic rings. The average Bonchev–Trinajstić information content (AvgIpc) is 2.10. The number of nitrogens with one attached hydrogen (secondary N) is 1. The molecule has 4 heteroatoms. The summed E-state index contributed by atoms with van der Waals surface area (Å²) >= 11 is 1.30. The number of ketones is 1. The molecule has 0 saturated carbocycles. The Morgan fingerprint density at radius 2 is 2.30 bits per heavy atom. The van der Waals surface area contributed by atoms with E-state index in [0.29, 0.717) is 5.13 Å². The second-order valence-corrected chi connectivity index (χ2v) is 3.15. The highest BCUT2D eigenvalue weighted by Crippen LogP contribution is 2.15. The van der Waals surface area contributed by atoms with Crippen LogP contribution in [-0.4, -0.2) is 5.78 Å². The monoisotopic (exact) mass is 157 g/mol. The Balaban J connectivity index is 3.15. The Morgan fingerprint density at radius 1 is 1.70 bits per heavy atom. The van der Waals surface area contributed by atoms with E-state index in [0.717, 1.165) is 10.6 Å². The molecule has 0 atom stereocenters. The third-order valence-electron chi connectivity index (χ3n) is 1.18. The van der Waals surface area contributed by atoms with Gasteiger partial charge in [-0.05, 0) is 18.3 Å². The molecule has 0 spiro atoms. The van der Waals surface area contributed by atoms with Crippen molar-refractivity contribution in [1.29, 1.82) is 0 Å². The molecule has 3 N–H and O–H groups in total. The molecule has 3 nitrogen and oxygen atoms in total. The van der Waals surface area contributed by atoms with Crippen LogP contribution in [0.5, 0.6) is 0 Å². The summed E-state index contributed by atoms with van der Waals surface area (Å²) in [5.41, 5.74) is 6.28. The minimum atomic E-state index is 0.0652. The summed E-state index contributed by atoms with van der Waals surface area (Å²) in [5.74, 6) is 0.0652. The zero-order valence-corrected chi connectivity index (χ0v) is 6.71. The van der Waals surface area contributed by atoms with Gasteiger partial charge in [-0.3, -0.25) is 10.5 Å². The number of Topliss-reactive ketones (excluding diaryl/α,β-unsaturated/α-hetero) is 1. The second-order valence-electron chi connectivity index (χ2n) is 2.10. The van der Waals surface area contributed by atoms with Crippen molar-refractivity contribution in [3.05, 3.63) is 10.6 Å². The van der Waals surface area contributed by atoms with Gasteiger partial charge in [-0.25, -0.2) is 4.98 Å². The van der Waals surface area contributed by atoms with Crippen LogP contribution in [0.3, 0.4) is 0 Å². The van der Waals surface area contributed by atoms with Crippen LogP contribution in [0.1, 0.15) is 22.3 Å². The van der Waals surface area contributed by atoms with Gasteiger partial charge >= 0.3 is 5.13 Å². The van der Waals surface area contributed by atoms with E-state index in [2.05, 4.69) is 4.98 Å². The van der Waals surface area contributed by atoms with Crippen LogP contribution in [0.2, 0.25) is 0 Å². The lowest BCUT2D eigenvalue weighted by Gasteiger charge is -1.82. The number of anilines is 1. The fraction of sp³-hybridized carbons (Fsp3) is 0.333. The number of carbonyl (C=O) groups excluding carboxylic acids is 1. The number of nitrogens with two attached hydrogens (primary N) is 1. The summed E-state index contributed by atoms with van der Waals surface area (Å²) in [6.45, 7) is 3.37. The molecular formula is C6H9N2OS+. The van der Waals surface area contributed by atoms with Crippen LogP contribution in [0.4, 0.5) is 5.13 Å². The van der Waals surface area contributed by atoms with E-state index >= 15 is 0 Å². The summed E-state index contributed by atoms with van der Waals surface area (Å²) in [5, 5.41) is 0.586. The van der Waals surface area contributed by atoms with Crippen LogP contribution in [0.25, 0.3) is 0 Å². The van der Waals surface area contributed by atoms with Crippen LogP contribution < -0.4 is 10.7 Å². The maximum atomic E-state index is 10.8. The predicted molar refractivity (Wildman–Crippen MR) is 40.0 cm³/mol. The maximum Gasteiger partial charge on any atom is 0.330 e. The third-order valence-corrected chi connectivity index (χ3v) is 2.30. The average molecular weight is 157 g/mol. The van der Waals surface area contributed by atoms with E-state index < -0.39 is 0 Å². The first-order valence-electron chi connectivity index (χ1n) is 2.90.